The van der Waals surface area contributed by atoms with Gasteiger partial charge in [-0.2, -0.15) is 13.2 Å². The van der Waals surface area contributed by atoms with Crippen molar-refractivity contribution in [1.29, 1.82) is 5.41 Å². The van der Waals surface area contributed by atoms with Crippen LogP contribution in [-0.2, 0) is 12.6 Å². The van der Waals surface area contributed by atoms with Crippen molar-refractivity contribution >= 4 is 34.7 Å². The highest BCUT2D eigenvalue weighted by molar-refractivity contribution is 7.96. The highest BCUT2D eigenvalue weighted by Gasteiger charge is 2.32. The lowest BCUT2D eigenvalue weighted by Crippen LogP contribution is -2.52. The van der Waals surface area contributed by atoms with Crippen molar-refractivity contribution < 1.29 is 17.6 Å². The van der Waals surface area contributed by atoms with Crippen LogP contribution < -0.4 is 10.2 Å². The zero-order valence-electron chi connectivity index (χ0n) is 21.0. The number of halogens is 4. The topological polar surface area (TPSA) is 42.4 Å². The number of nitrogens with one attached hydrogen (secondary N) is 2. The summed E-state index contributed by atoms with van der Waals surface area (Å²) in [7, 11) is 0. The lowest BCUT2D eigenvalue weighted by atomic mass is 10.0. The molecule has 1 aliphatic heterocycles. The number of anilines is 3. The van der Waals surface area contributed by atoms with Crippen molar-refractivity contribution in [1.82, 2.24) is 4.31 Å². The second-order valence-corrected chi connectivity index (χ2v) is 10.1. The molecule has 1 heterocycles. The first-order valence-electron chi connectivity index (χ1n) is 12.0. The molecule has 1 saturated heterocycles. The molecular formula is C28H30F4N4S. The van der Waals surface area contributed by atoms with E-state index >= 15 is 0 Å². The molecule has 196 valence electrons. The van der Waals surface area contributed by atoms with Gasteiger partial charge in [0.25, 0.3) is 0 Å². The number of piperazine rings is 1. The Kier molecular flexibility index (Phi) is 8.14. The van der Waals surface area contributed by atoms with Crippen molar-refractivity contribution in [2.75, 3.05) is 36.1 Å². The van der Waals surface area contributed by atoms with Crippen LogP contribution in [0.3, 0.4) is 0 Å². The SMILES string of the molecule is CSN1CCN(c2ccc(Nc3cc(C(F)(F)F)cc(C)c3F)c(C(C)=N)c2)C(Cc2ccccc2)C1. The van der Waals surface area contributed by atoms with Crippen LogP contribution in [0.4, 0.5) is 34.6 Å². The number of hydrogen-bond donors (Lipinski definition) is 2. The number of rotatable bonds is 7. The minimum absolute atomic E-state index is 0.0995. The van der Waals surface area contributed by atoms with Gasteiger partial charge in [0.1, 0.15) is 5.82 Å². The van der Waals surface area contributed by atoms with E-state index in [4.69, 9.17) is 5.41 Å². The van der Waals surface area contributed by atoms with Crippen molar-refractivity contribution in [3.63, 3.8) is 0 Å². The smallest absolute Gasteiger partial charge is 0.366 e. The van der Waals surface area contributed by atoms with E-state index in [2.05, 4.69) is 32.9 Å². The molecule has 0 radical (unpaired) electrons. The van der Waals surface area contributed by atoms with Gasteiger partial charge in [0.15, 0.2) is 0 Å². The van der Waals surface area contributed by atoms with Gasteiger partial charge in [0.05, 0.1) is 11.3 Å². The first-order chi connectivity index (χ1) is 17.6. The molecule has 1 fully saturated rings. The van der Waals surface area contributed by atoms with Crippen molar-refractivity contribution in [2.24, 2.45) is 0 Å². The Bertz CT molecular complexity index is 1260. The summed E-state index contributed by atoms with van der Waals surface area (Å²) >= 11 is 1.72. The molecule has 0 aromatic heterocycles. The fourth-order valence-electron chi connectivity index (χ4n) is 4.69. The van der Waals surface area contributed by atoms with E-state index in [1.807, 2.05) is 30.3 Å². The third-order valence-corrected chi connectivity index (χ3v) is 7.46. The molecule has 3 aromatic carbocycles. The van der Waals surface area contributed by atoms with Crippen LogP contribution in [0, 0.1) is 18.2 Å². The van der Waals surface area contributed by atoms with E-state index in [0.717, 1.165) is 43.9 Å². The molecule has 0 bridgehead atoms. The van der Waals surface area contributed by atoms with Gasteiger partial charge in [0, 0.05) is 48.3 Å². The third-order valence-electron chi connectivity index (χ3n) is 6.61. The van der Waals surface area contributed by atoms with Crippen molar-refractivity contribution in [2.45, 2.75) is 32.5 Å². The quantitative estimate of drug-likeness (QED) is 0.191. The number of hydrogen-bond acceptors (Lipinski definition) is 5. The fraction of sp³-hybridized carbons (Fsp3) is 0.321. The maximum atomic E-state index is 14.8. The van der Waals surface area contributed by atoms with Crippen LogP contribution in [0.1, 0.15) is 29.2 Å². The molecule has 4 rings (SSSR count). The van der Waals surface area contributed by atoms with E-state index in [0.29, 0.717) is 11.3 Å². The molecule has 3 aromatic rings. The number of alkyl halides is 3. The van der Waals surface area contributed by atoms with E-state index in [1.165, 1.54) is 12.5 Å². The predicted octanol–water partition coefficient (Wildman–Crippen LogP) is 7.30. The predicted molar refractivity (Wildman–Crippen MR) is 145 cm³/mol. The van der Waals surface area contributed by atoms with E-state index in [9.17, 15) is 17.6 Å². The van der Waals surface area contributed by atoms with Gasteiger partial charge in [-0.1, -0.05) is 42.3 Å². The van der Waals surface area contributed by atoms with E-state index in [1.54, 1.807) is 24.9 Å². The van der Waals surface area contributed by atoms with Gasteiger partial charge in [-0.15, -0.1) is 0 Å². The van der Waals surface area contributed by atoms with Gasteiger partial charge in [-0.25, -0.2) is 8.70 Å². The second kappa shape index (κ2) is 11.1. The Morgan fingerprint density at radius 2 is 1.78 bits per heavy atom. The molecule has 1 atom stereocenters. The molecule has 1 aliphatic rings. The fourth-order valence-corrected chi connectivity index (χ4v) is 5.28. The second-order valence-electron chi connectivity index (χ2n) is 9.24. The van der Waals surface area contributed by atoms with Gasteiger partial charge < -0.3 is 15.6 Å². The lowest BCUT2D eigenvalue weighted by Gasteiger charge is -2.42. The van der Waals surface area contributed by atoms with Crippen LogP contribution >= 0.6 is 11.9 Å². The molecule has 0 spiro atoms. The Labute approximate surface area is 219 Å². The molecule has 4 nitrogen and oxygen atoms in total. The molecule has 0 aliphatic carbocycles. The summed E-state index contributed by atoms with van der Waals surface area (Å²) in [5.41, 5.74) is 2.00. The third kappa shape index (κ3) is 6.27. The largest absolute Gasteiger partial charge is 0.416 e. The first-order valence-corrected chi connectivity index (χ1v) is 13.2. The van der Waals surface area contributed by atoms with Crippen LogP contribution in [0.2, 0.25) is 0 Å². The summed E-state index contributed by atoms with van der Waals surface area (Å²) in [5.74, 6) is -0.748. The molecule has 0 saturated carbocycles. The summed E-state index contributed by atoms with van der Waals surface area (Å²) in [6.07, 6.45) is -1.67. The molecule has 9 heteroatoms. The summed E-state index contributed by atoms with van der Waals surface area (Å²) in [6, 6.07) is 17.5. The zero-order chi connectivity index (χ0) is 26.7. The van der Waals surface area contributed by atoms with Crippen molar-refractivity contribution in [3.05, 3.63) is 88.7 Å². The van der Waals surface area contributed by atoms with E-state index < -0.39 is 17.6 Å². The Morgan fingerprint density at radius 3 is 2.43 bits per heavy atom. The van der Waals surface area contributed by atoms with Crippen LogP contribution in [0.5, 0.6) is 0 Å². The van der Waals surface area contributed by atoms with E-state index in [-0.39, 0.29) is 23.0 Å². The summed E-state index contributed by atoms with van der Waals surface area (Å²) in [6.45, 7) is 5.46. The zero-order valence-corrected chi connectivity index (χ0v) is 21.8. The molecule has 1 unspecified atom stereocenters. The molecular weight excluding hydrogens is 500 g/mol. The lowest BCUT2D eigenvalue weighted by molar-refractivity contribution is -0.137. The van der Waals surface area contributed by atoms with Crippen LogP contribution in [-0.4, -0.2) is 41.9 Å². The minimum atomic E-state index is -4.59. The normalized spacial score (nSPS) is 16.6. The van der Waals surface area contributed by atoms with Gasteiger partial charge >= 0.3 is 6.18 Å². The average Bonchev–Trinajstić information content (AvgIpc) is 2.86. The summed E-state index contributed by atoms with van der Waals surface area (Å²) in [4.78, 5) is 2.32. The summed E-state index contributed by atoms with van der Waals surface area (Å²) in [5, 5.41) is 11.2. The van der Waals surface area contributed by atoms with Gasteiger partial charge in [0.2, 0.25) is 0 Å². The van der Waals surface area contributed by atoms with Crippen LogP contribution in [0.25, 0.3) is 0 Å². The standard InChI is InChI=1S/C28H30F4N4S/c1-18-13-21(28(30,31)32)15-26(27(18)29)34-25-10-9-22(16-24(25)19(2)33)36-12-11-35(37-3)17-23(36)14-20-7-5-4-6-8-20/h4-10,13,15-16,23,33-34H,11-12,14,17H2,1-3H3. The first kappa shape index (κ1) is 27.0. The molecule has 2 N–H and O–H groups in total. The van der Waals surface area contributed by atoms with Crippen molar-refractivity contribution in [3.8, 4) is 0 Å². The number of aryl methyl sites for hydroxylation is 1. The number of nitrogens with zero attached hydrogens (tertiary/aromatic N) is 2. The minimum Gasteiger partial charge on any atom is -0.366 e. The Balaban J connectivity index is 1.67. The molecule has 37 heavy (non-hydrogen) atoms. The summed E-state index contributed by atoms with van der Waals surface area (Å²) < 4.78 is 57.1. The maximum absolute atomic E-state index is 14.8. The highest BCUT2D eigenvalue weighted by Crippen LogP contribution is 2.36. The Morgan fingerprint density at radius 1 is 1.05 bits per heavy atom. The van der Waals surface area contributed by atoms with Gasteiger partial charge in [-0.3, -0.25) is 0 Å². The Hall–Kier alpha value is -3.04. The maximum Gasteiger partial charge on any atom is 0.416 e. The monoisotopic (exact) mass is 530 g/mol. The molecule has 0 amide bonds. The number of benzene rings is 3. The average molecular weight is 531 g/mol. The van der Waals surface area contributed by atoms with Gasteiger partial charge in [-0.05, 0) is 68.0 Å². The highest BCUT2D eigenvalue weighted by atomic mass is 32.2. The van der Waals surface area contributed by atoms with Crippen LogP contribution in [0.15, 0.2) is 60.7 Å².